The van der Waals surface area contributed by atoms with Crippen LogP contribution in [0.4, 0.5) is 0 Å². The van der Waals surface area contributed by atoms with Crippen molar-refractivity contribution in [2.45, 2.75) is 189 Å². The average molecular weight is 706 g/mol. The fraction of sp³-hybridized carbons (Fsp3) is 0.837. The van der Waals surface area contributed by atoms with Gasteiger partial charge in [0.2, 0.25) is 0 Å². The molecule has 0 rings (SSSR count). The molecule has 0 saturated carbocycles. The van der Waals surface area contributed by atoms with E-state index in [4.69, 9.17) is 14.2 Å². The van der Waals surface area contributed by atoms with Gasteiger partial charge in [0.25, 0.3) is 0 Å². The summed E-state index contributed by atoms with van der Waals surface area (Å²) in [4.78, 5) is 38.9. The summed E-state index contributed by atoms with van der Waals surface area (Å²) in [6, 6.07) is 0. The Labute approximate surface area is 308 Å². The lowest BCUT2D eigenvalue weighted by molar-refractivity contribution is -0.150. The zero-order chi connectivity index (χ0) is 37.4. The minimum absolute atomic E-state index is 0.0272. The Bertz CT molecular complexity index is 858. The maximum absolute atomic E-state index is 12.5. The Morgan fingerprint density at radius 1 is 0.520 bits per heavy atom. The molecule has 0 N–H and O–H groups in total. The van der Waals surface area contributed by atoms with Crippen LogP contribution in [-0.2, 0) is 28.6 Å². The van der Waals surface area contributed by atoms with Gasteiger partial charge in [0, 0.05) is 19.3 Å². The van der Waals surface area contributed by atoms with Gasteiger partial charge in [-0.05, 0) is 144 Å². The first kappa shape index (κ1) is 47.8. The largest absolute Gasteiger partial charge is 0.466 e. The fourth-order valence-corrected chi connectivity index (χ4v) is 5.88. The maximum Gasteiger partial charge on any atom is 0.306 e. The van der Waals surface area contributed by atoms with Crippen molar-refractivity contribution < 1.29 is 28.6 Å². The van der Waals surface area contributed by atoms with Gasteiger partial charge in [0.1, 0.15) is 6.10 Å². The van der Waals surface area contributed by atoms with Gasteiger partial charge in [-0.3, -0.25) is 14.4 Å². The van der Waals surface area contributed by atoms with Crippen molar-refractivity contribution >= 4 is 17.9 Å². The van der Waals surface area contributed by atoms with Crippen molar-refractivity contribution in [3.05, 3.63) is 23.3 Å². The molecule has 0 aromatic rings. The molecule has 7 nitrogen and oxygen atoms in total. The molecule has 0 aromatic heterocycles. The second-order valence-electron chi connectivity index (χ2n) is 15.6. The molecule has 0 aliphatic heterocycles. The van der Waals surface area contributed by atoms with E-state index in [1.807, 2.05) is 14.1 Å². The molecule has 0 aliphatic rings. The maximum atomic E-state index is 12.5. The van der Waals surface area contributed by atoms with Crippen LogP contribution >= 0.6 is 0 Å². The van der Waals surface area contributed by atoms with Gasteiger partial charge in [0.15, 0.2) is 0 Å². The molecule has 0 aliphatic carbocycles. The van der Waals surface area contributed by atoms with E-state index in [1.165, 1.54) is 11.1 Å². The summed E-state index contributed by atoms with van der Waals surface area (Å²) in [6.45, 7) is 14.9. The van der Waals surface area contributed by atoms with Crippen molar-refractivity contribution in [3.63, 3.8) is 0 Å². The topological polar surface area (TPSA) is 82.1 Å². The monoisotopic (exact) mass is 706 g/mol. The van der Waals surface area contributed by atoms with Crippen LogP contribution in [0.5, 0.6) is 0 Å². The molecule has 292 valence electrons. The molecule has 2 unspecified atom stereocenters. The van der Waals surface area contributed by atoms with E-state index in [0.29, 0.717) is 44.3 Å². The van der Waals surface area contributed by atoms with E-state index in [1.54, 1.807) is 0 Å². The van der Waals surface area contributed by atoms with Gasteiger partial charge >= 0.3 is 17.9 Å². The van der Waals surface area contributed by atoms with Gasteiger partial charge < -0.3 is 19.1 Å². The molecule has 0 aromatic carbocycles. The summed E-state index contributed by atoms with van der Waals surface area (Å²) in [7, 11) is 4.04. The SMILES string of the molecule is CC(C)=CCCC(C)CCOC(=O)CCCCCCCC(CCCCCCCC(=O)OCCC(C)CCC=C(C)C)OC(=O)CCCN(C)C. The van der Waals surface area contributed by atoms with E-state index >= 15 is 0 Å². The van der Waals surface area contributed by atoms with Crippen molar-refractivity contribution in [2.75, 3.05) is 33.9 Å². The van der Waals surface area contributed by atoms with Gasteiger partial charge in [-0.2, -0.15) is 0 Å². The van der Waals surface area contributed by atoms with E-state index in [9.17, 15) is 14.4 Å². The van der Waals surface area contributed by atoms with Crippen LogP contribution in [0.3, 0.4) is 0 Å². The van der Waals surface area contributed by atoms with Crippen LogP contribution in [0.15, 0.2) is 23.3 Å². The van der Waals surface area contributed by atoms with Crippen LogP contribution in [0.2, 0.25) is 0 Å². The number of ether oxygens (including phenoxy) is 3. The Kier molecular flexibility index (Phi) is 31.3. The predicted molar refractivity (Wildman–Crippen MR) is 209 cm³/mol. The highest BCUT2D eigenvalue weighted by molar-refractivity contribution is 5.70. The number of allylic oxidation sites excluding steroid dienone is 4. The van der Waals surface area contributed by atoms with E-state index in [0.717, 1.165) is 129 Å². The lowest BCUT2D eigenvalue weighted by Gasteiger charge is -2.18. The molecule has 0 spiro atoms. The zero-order valence-electron chi connectivity index (χ0n) is 34.0. The van der Waals surface area contributed by atoms with Crippen LogP contribution in [0.1, 0.15) is 183 Å². The number of unbranched alkanes of at least 4 members (excludes halogenated alkanes) is 8. The van der Waals surface area contributed by atoms with Gasteiger partial charge in [-0.15, -0.1) is 0 Å². The number of rotatable bonds is 33. The first-order valence-corrected chi connectivity index (χ1v) is 20.3. The van der Waals surface area contributed by atoms with Crippen molar-refractivity contribution in [3.8, 4) is 0 Å². The number of esters is 3. The predicted octanol–water partition coefficient (Wildman–Crippen LogP) is 11.3. The summed E-state index contributed by atoms with van der Waals surface area (Å²) in [5.41, 5.74) is 2.71. The Morgan fingerprint density at radius 3 is 1.34 bits per heavy atom. The fourth-order valence-electron chi connectivity index (χ4n) is 5.88. The number of hydrogen-bond donors (Lipinski definition) is 0. The summed E-state index contributed by atoms with van der Waals surface area (Å²) < 4.78 is 16.9. The highest BCUT2D eigenvalue weighted by atomic mass is 16.5. The van der Waals surface area contributed by atoms with Crippen LogP contribution in [0, 0.1) is 11.8 Å². The van der Waals surface area contributed by atoms with Crippen molar-refractivity contribution in [2.24, 2.45) is 11.8 Å². The van der Waals surface area contributed by atoms with E-state index in [2.05, 4.69) is 58.6 Å². The molecular weight excluding hydrogens is 626 g/mol. The lowest BCUT2D eigenvalue weighted by Crippen LogP contribution is -2.20. The van der Waals surface area contributed by atoms with Crippen molar-refractivity contribution in [1.29, 1.82) is 0 Å². The van der Waals surface area contributed by atoms with Crippen molar-refractivity contribution in [1.82, 2.24) is 4.90 Å². The Balaban J connectivity index is 4.18. The summed E-state index contributed by atoms with van der Waals surface area (Å²) in [5, 5.41) is 0. The Hall–Kier alpha value is -2.15. The lowest BCUT2D eigenvalue weighted by atomic mass is 10.0. The smallest absolute Gasteiger partial charge is 0.306 e. The van der Waals surface area contributed by atoms with Gasteiger partial charge in [-0.1, -0.05) is 75.7 Å². The summed E-state index contributed by atoms with van der Waals surface area (Å²) in [6.07, 6.45) is 25.0. The normalized spacial score (nSPS) is 13.0. The molecule has 50 heavy (non-hydrogen) atoms. The van der Waals surface area contributed by atoms with Crippen LogP contribution in [0.25, 0.3) is 0 Å². The minimum atomic E-state index is -0.0848. The average Bonchev–Trinajstić information content (AvgIpc) is 3.03. The number of hydrogen-bond acceptors (Lipinski definition) is 7. The standard InChI is InChI=1S/C43H79NO6/c1-36(2)22-19-24-38(5)31-34-48-41(45)28-17-13-9-11-15-26-40(50-43(47)30-21-33-44(7)8)27-16-12-10-14-18-29-42(46)49-35-32-39(6)25-20-23-37(3)4/h22-23,38-40H,9-21,24-35H2,1-8H3. The van der Waals surface area contributed by atoms with Crippen LogP contribution < -0.4 is 0 Å². The number of nitrogens with zero attached hydrogens (tertiary/aromatic N) is 1. The highest BCUT2D eigenvalue weighted by Crippen LogP contribution is 2.19. The summed E-state index contributed by atoms with van der Waals surface area (Å²) >= 11 is 0. The second kappa shape index (κ2) is 32.7. The van der Waals surface area contributed by atoms with E-state index < -0.39 is 0 Å². The molecule has 0 radical (unpaired) electrons. The summed E-state index contributed by atoms with van der Waals surface area (Å²) in [5.74, 6) is 0.893. The van der Waals surface area contributed by atoms with Gasteiger partial charge in [0.05, 0.1) is 13.2 Å². The molecule has 7 heteroatoms. The third-order valence-electron chi connectivity index (χ3n) is 9.27. The first-order chi connectivity index (χ1) is 23.9. The molecule has 0 bridgehead atoms. The number of carbonyl (C=O) groups is 3. The quantitative estimate of drug-likeness (QED) is 0.0291. The molecule has 0 fully saturated rings. The molecule has 0 amide bonds. The third-order valence-corrected chi connectivity index (χ3v) is 9.27. The van der Waals surface area contributed by atoms with Gasteiger partial charge in [-0.25, -0.2) is 0 Å². The van der Waals surface area contributed by atoms with Crippen LogP contribution in [-0.4, -0.2) is 62.8 Å². The van der Waals surface area contributed by atoms with E-state index in [-0.39, 0.29) is 24.0 Å². The molecule has 0 heterocycles. The molecule has 0 saturated heterocycles. The minimum Gasteiger partial charge on any atom is -0.466 e. The third kappa shape index (κ3) is 34.3. The first-order valence-electron chi connectivity index (χ1n) is 20.3. The number of carbonyl (C=O) groups excluding carboxylic acids is 3. The molecular formula is C43H79NO6. The molecule has 2 atom stereocenters. The second-order valence-corrected chi connectivity index (χ2v) is 15.6. The zero-order valence-corrected chi connectivity index (χ0v) is 34.0. The Morgan fingerprint density at radius 2 is 0.920 bits per heavy atom. The highest BCUT2D eigenvalue weighted by Gasteiger charge is 2.15.